The number of rotatable bonds is 4. The molecule has 0 unspecified atom stereocenters. The highest BCUT2D eigenvalue weighted by molar-refractivity contribution is 7.90. The number of piperidine rings is 1. The van der Waals surface area contributed by atoms with Gasteiger partial charge in [-0.05, 0) is 48.4 Å². The van der Waals surface area contributed by atoms with Crippen molar-refractivity contribution in [3.63, 3.8) is 0 Å². The summed E-state index contributed by atoms with van der Waals surface area (Å²) < 4.78 is 23.1. The van der Waals surface area contributed by atoms with Gasteiger partial charge in [0.15, 0.2) is 9.84 Å². The second-order valence-electron chi connectivity index (χ2n) is 6.52. The molecule has 0 bridgehead atoms. The topological polar surface area (TPSA) is 95.5 Å². The van der Waals surface area contributed by atoms with Crippen molar-refractivity contribution in [1.82, 2.24) is 10.6 Å². The molecule has 146 valence electrons. The van der Waals surface area contributed by atoms with E-state index in [1.54, 1.807) is 42.5 Å². The number of hydrogen-bond acceptors (Lipinski definition) is 5. The van der Waals surface area contributed by atoms with Crippen LogP contribution in [0.15, 0.2) is 53.4 Å². The van der Waals surface area contributed by atoms with Gasteiger partial charge < -0.3 is 15.7 Å². The van der Waals surface area contributed by atoms with Gasteiger partial charge in [0.25, 0.3) is 5.91 Å². The number of aliphatic hydroxyl groups excluding tert-OH is 1. The highest BCUT2D eigenvalue weighted by atomic mass is 35.5. The Bertz CT molecular complexity index is 900. The molecule has 1 aliphatic heterocycles. The van der Waals surface area contributed by atoms with Crippen molar-refractivity contribution < 1.29 is 18.3 Å². The molecule has 3 rings (SSSR count). The van der Waals surface area contributed by atoms with E-state index < -0.39 is 15.9 Å². The van der Waals surface area contributed by atoms with Crippen LogP contribution in [0.1, 0.15) is 16.8 Å². The molecule has 0 spiro atoms. The molecule has 2 atom stereocenters. The Hall–Kier alpha value is -1.93. The summed E-state index contributed by atoms with van der Waals surface area (Å²) in [5, 5.41) is 16.0. The van der Waals surface area contributed by atoms with E-state index in [2.05, 4.69) is 10.6 Å². The zero-order valence-electron chi connectivity index (χ0n) is 14.9. The van der Waals surface area contributed by atoms with Crippen LogP contribution in [-0.4, -0.2) is 50.9 Å². The van der Waals surface area contributed by atoms with E-state index in [-0.39, 0.29) is 29.3 Å². The van der Waals surface area contributed by atoms with Gasteiger partial charge in [0.05, 0.1) is 17.0 Å². The smallest absolute Gasteiger partial charge is 0.251 e. The number of carbonyl (C=O) groups is 1. The van der Waals surface area contributed by atoms with Gasteiger partial charge in [-0.15, -0.1) is 12.4 Å². The first kappa shape index (κ1) is 21.4. The van der Waals surface area contributed by atoms with Gasteiger partial charge in [-0.3, -0.25) is 4.79 Å². The summed E-state index contributed by atoms with van der Waals surface area (Å²) in [7, 11) is -3.24. The van der Waals surface area contributed by atoms with Crippen molar-refractivity contribution in [3.05, 3.63) is 54.1 Å². The molecule has 6 nitrogen and oxygen atoms in total. The van der Waals surface area contributed by atoms with Gasteiger partial charge in [-0.2, -0.15) is 0 Å². The number of nitrogens with one attached hydrogen (secondary N) is 2. The van der Waals surface area contributed by atoms with Gasteiger partial charge in [0, 0.05) is 18.4 Å². The molecule has 1 saturated heterocycles. The number of carbonyl (C=O) groups excluding carboxylic acids is 1. The fourth-order valence-electron chi connectivity index (χ4n) is 2.98. The van der Waals surface area contributed by atoms with Gasteiger partial charge in [0.1, 0.15) is 0 Å². The zero-order valence-corrected chi connectivity index (χ0v) is 16.5. The maximum Gasteiger partial charge on any atom is 0.251 e. The molecular weight excluding hydrogens is 388 g/mol. The molecule has 1 aliphatic rings. The minimum atomic E-state index is -3.24. The average molecular weight is 411 g/mol. The van der Waals surface area contributed by atoms with Crippen molar-refractivity contribution in [2.45, 2.75) is 23.5 Å². The Labute approximate surface area is 165 Å². The summed E-state index contributed by atoms with van der Waals surface area (Å²) >= 11 is 0. The maximum absolute atomic E-state index is 12.5. The number of aliphatic hydroxyl groups is 1. The summed E-state index contributed by atoms with van der Waals surface area (Å²) in [6.07, 6.45) is 1.23. The van der Waals surface area contributed by atoms with E-state index in [9.17, 15) is 18.3 Å². The first-order valence-corrected chi connectivity index (χ1v) is 10.3. The van der Waals surface area contributed by atoms with E-state index in [0.29, 0.717) is 18.5 Å². The minimum absolute atomic E-state index is 0. The number of benzene rings is 2. The first-order chi connectivity index (χ1) is 12.3. The molecule has 1 amide bonds. The Balaban J connectivity index is 0.00000261. The van der Waals surface area contributed by atoms with Crippen molar-refractivity contribution in [1.29, 1.82) is 0 Å². The van der Waals surface area contributed by atoms with Crippen LogP contribution in [0.25, 0.3) is 11.1 Å². The number of amides is 1. The van der Waals surface area contributed by atoms with Crippen LogP contribution in [0.4, 0.5) is 0 Å². The number of hydrogen-bond donors (Lipinski definition) is 3. The summed E-state index contributed by atoms with van der Waals surface area (Å²) in [5.41, 5.74) is 2.14. The Kier molecular flexibility index (Phi) is 7.00. The fourth-order valence-corrected chi connectivity index (χ4v) is 3.61. The Morgan fingerprint density at radius 1 is 1.15 bits per heavy atom. The predicted octanol–water partition coefficient (Wildman–Crippen LogP) is 1.63. The lowest BCUT2D eigenvalue weighted by atomic mass is 10.0. The van der Waals surface area contributed by atoms with Crippen molar-refractivity contribution in [2.24, 2.45) is 0 Å². The molecule has 2 aromatic carbocycles. The van der Waals surface area contributed by atoms with E-state index in [4.69, 9.17) is 0 Å². The van der Waals surface area contributed by atoms with Crippen LogP contribution in [0.3, 0.4) is 0 Å². The van der Waals surface area contributed by atoms with Gasteiger partial charge in [0.2, 0.25) is 0 Å². The zero-order chi connectivity index (χ0) is 18.7. The minimum Gasteiger partial charge on any atom is -0.391 e. The quantitative estimate of drug-likeness (QED) is 0.712. The Morgan fingerprint density at radius 3 is 2.48 bits per heavy atom. The normalized spacial score (nSPS) is 19.8. The second kappa shape index (κ2) is 8.84. The second-order valence-corrected chi connectivity index (χ2v) is 8.53. The molecule has 1 heterocycles. The third kappa shape index (κ3) is 5.29. The molecule has 0 radical (unpaired) electrons. The highest BCUT2D eigenvalue weighted by Crippen LogP contribution is 2.22. The van der Waals surface area contributed by atoms with Crippen LogP contribution in [-0.2, 0) is 9.84 Å². The van der Waals surface area contributed by atoms with Crippen molar-refractivity contribution in [2.75, 3.05) is 19.3 Å². The van der Waals surface area contributed by atoms with Gasteiger partial charge >= 0.3 is 0 Å². The summed E-state index contributed by atoms with van der Waals surface area (Å²) in [4.78, 5) is 12.8. The molecule has 0 aliphatic carbocycles. The number of sulfone groups is 1. The fraction of sp³-hybridized carbons (Fsp3) is 0.316. The Morgan fingerprint density at radius 2 is 1.85 bits per heavy atom. The molecule has 2 aromatic rings. The van der Waals surface area contributed by atoms with Crippen LogP contribution < -0.4 is 10.6 Å². The first-order valence-electron chi connectivity index (χ1n) is 8.45. The van der Waals surface area contributed by atoms with Crippen LogP contribution >= 0.6 is 12.4 Å². The molecule has 0 saturated carbocycles. The van der Waals surface area contributed by atoms with Crippen LogP contribution in [0.5, 0.6) is 0 Å². The summed E-state index contributed by atoms with van der Waals surface area (Å²) in [6.45, 7) is 1.28. The van der Waals surface area contributed by atoms with E-state index in [1.165, 1.54) is 6.26 Å². The SMILES string of the molecule is CS(=O)(=O)c1ccc(-c2cccc(C(=O)N[C@@H]3CNCC[C@H]3O)c2)cc1.Cl. The average Bonchev–Trinajstić information content (AvgIpc) is 2.63. The lowest BCUT2D eigenvalue weighted by Crippen LogP contribution is -2.53. The van der Waals surface area contributed by atoms with Crippen LogP contribution in [0.2, 0.25) is 0 Å². The standard InChI is InChI=1S/C19H22N2O4S.ClH/c1-26(24,25)16-7-5-13(6-8-16)14-3-2-4-15(11-14)19(23)21-17-12-20-10-9-18(17)22;/h2-8,11,17-18,20,22H,9-10,12H2,1H3,(H,21,23);1H/t17-,18-;/m1./s1. The van der Waals surface area contributed by atoms with Crippen molar-refractivity contribution >= 4 is 28.2 Å². The lowest BCUT2D eigenvalue weighted by Gasteiger charge is -2.29. The molecule has 1 fully saturated rings. The lowest BCUT2D eigenvalue weighted by molar-refractivity contribution is 0.0755. The molecule has 0 aromatic heterocycles. The van der Waals surface area contributed by atoms with Gasteiger partial charge in [-0.25, -0.2) is 8.42 Å². The molecule has 3 N–H and O–H groups in total. The molecular formula is C19H23ClN2O4S. The summed E-state index contributed by atoms with van der Waals surface area (Å²) in [6, 6.07) is 13.4. The van der Waals surface area contributed by atoms with E-state index in [1.807, 2.05) is 6.07 Å². The van der Waals surface area contributed by atoms with E-state index >= 15 is 0 Å². The molecule has 27 heavy (non-hydrogen) atoms. The molecule has 8 heteroatoms. The monoisotopic (exact) mass is 410 g/mol. The predicted molar refractivity (Wildman–Crippen MR) is 107 cm³/mol. The third-order valence-electron chi connectivity index (χ3n) is 4.50. The number of halogens is 1. The van der Waals surface area contributed by atoms with Crippen molar-refractivity contribution in [3.8, 4) is 11.1 Å². The maximum atomic E-state index is 12.5. The largest absolute Gasteiger partial charge is 0.391 e. The van der Waals surface area contributed by atoms with E-state index in [0.717, 1.165) is 17.7 Å². The summed E-state index contributed by atoms with van der Waals surface area (Å²) in [5.74, 6) is -0.243. The highest BCUT2D eigenvalue weighted by Gasteiger charge is 2.24. The third-order valence-corrected chi connectivity index (χ3v) is 5.63. The van der Waals surface area contributed by atoms with Gasteiger partial charge in [-0.1, -0.05) is 24.3 Å². The van der Waals surface area contributed by atoms with Crippen LogP contribution in [0, 0.1) is 0 Å².